The van der Waals surface area contributed by atoms with Crippen molar-refractivity contribution in [3.8, 4) is 6.07 Å². The lowest BCUT2D eigenvalue weighted by Crippen LogP contribution is -2.02. The van der Waals surface area contributed by atoms with E-state index in [9.17, 15) is 0 Å². The van der Waals surface area contributed by atoms with Crippen LogP contribution in [0.3, 0.4) is 0 Å². The first-order chi connectivity index (χ1) is 8.61. The Kier molecular flexibility index (Phi) is 3.54. The van der Waals surface area contributed by atoms with E-state index in [0.29, 0.717) is 17.1 Å². The van der Waals surface area contributed by atoms with E-state index in [1.165, 1.54) is 0 Å². The average molecular weight is 262 g/mol. The molecule has 0 atom stereocenters. The number of nitrogens with one attached hydrogen (secondary N) is 1. The maximum absolute atomic E-state index is 9.03. The SMILES string of the molecule is Cc1noc(C)c1CNc1ccc(Cl)cc1C#N. The van der Waals surface area contributed by atoms with E-state index in [2.05, 4.69) is 16.5 Å². The molecule has 1 aromatic heterocycles. The molecular formula is C13H12ClN3O. The Morgan fingerprint density at radius 1 is 1.44 bits per heavy atom. The number of anilines is 1. The van der Waals surface area contributed by atoms with Crippen molar-refractivity contribution in [3.63, 3.8) is 0 Å². The van der Waals surface area contributed by atoms with E-state index in [1.54, 1.807) is 18.2 Å². The van der Waals surface area contributed by atoms with Crippen LogP contribution in [0.5, 0.6) is 0 Å². The smallest absolute Gasteiger partial charge is 0.138 e. The Hall–Kier alpha value is -1.99. The molecular weight excluding hydrogens is 250 g/mol. The fourth-order valence-corrected chi connectivity index (χ4v) is 1.87. The van der Waals surface area contributed by atoms with Crippen molar-refractivity contribution in [3.05, 3.63) is 45.8 Å². The molecule has 0 fully saturated rings. The van der Waals surface area contributed by atoms with Crippen LogP contribution in [-0.4, -0.2) is 5.16 Å². The van der Waals surface area contributed by atoms with Crippen molar-refractivity contribution < 1.29 is 4.52 Å². The molecule has 18 heavy (non-hydrogen) atoms. The van der Waals surface area contributed by atoms with Crippen LogP contribution < -0.4 is 5.32 Å². The van der Waals surface area contributed by atoms with E-state index >= 15 is 0 Å². The Morgan fingerprint density at radius 3 is 2.83 bits per heavy atom. The van der Waals surface area contributed by atoms with E-state index < -0.39 is 0 Å². The van der Waals surface area contributed by atoms with Gasteiger partial charge in [0, 0.05) is 17.1 Å². The van der Waals surface area contributed by atoms with Gasteiger partial charge in [-0.25, -0.2) is 0 Å². The van der Waals surface area contributed by atoms with Crippen molar-refractivity contribution in [2.75, 3.05) is 5.32 Å². The van der Waals surface area contributed by atoms with Gasteiger partial charge in [-0.1, -0.05) is 16.8 Å². The van der Waals surface area contributed by atoms with Crippen LogP contribution in [0.1, 0.15) is 22.6 Å². The summed E-state index contributed by atoms with van der Waals surface area (Å²) >= 11 is 5.84. The summed E-state index contributed by atoms with van der Waals surface area (Å²) in [5.74, 6) is 0.785. The standard InChI is InChI=1S/C13H12ClN3O/c1-8-12(9(2)18-17-8)7-16-13-4-3-11(14)5-10(13)6-15/h3-5,16H,7H2,1-2H3. The number of nitrogens with zero attached hydrogens (tertiary/aromatic N) is 2. The van der Waals surface area contributed by atoms with Crippen LogP contribution in [0.2, 0.25) is 5.02 Å². The highest BCUT2D eigenvalue weighted by atomic mass is 35.5. The number of nitriles is 1. The highest BCUT2D eigenvalue weighted by Crippen LogP contribution is 2.21. The maximum atomic E-state index is 9.03. The number of halogens is 1. The van der Waals surface area contributed by atoms with Crippen LogP contribution in [0.15, 0.2) is 22.7 Å². The maximum Gasteiger partial charge on any atom is 0.138 e. The first-order valence-corrected chi connectivity index (χ1v) is 5.85. The van der Waals surface area contributed by atoms with Gasteiger partial charge in [-0.2, -0.15) is 5.26 Å². The molecule has 0 spiro atoms. The summed E-state index contributed by atoms with van der Waals surface area (Å²) in [5, 5.41) is 16.7. The fraction of sp³-hybridized carbons (Fsp3) is 0.231. The molecule has 0 amide bonds. The lowest BCUT2D eigenvalue weighted by atomic mass is 10.1. The number of benzene rings is 1. The van der Waals surface area contributed by atoms with Crippen LogP contribution >= 0.6 is 11.6 Å². The average Bonchev–Trinajstić information content (AvgIpc) is 2.68. The lowest BCUT2D eigenvalue weighted by molar-refractivity contribution is 0.392. The van der Waals surface area contributed by atoms with E-state index in [4.69, 9.17) is 21.4 Å². The zero-order chi connectivity index (χ0) is 13.1. The van der Waals surface area contributed by atoms with Crippen LogP contribution in [-0.2, 0) is 6.54 Å². The minimum absolute atomic E-state index is 0.522. The highest BCUT2D eigenvalue weighted by molar-refractivity contribution is 6.30. The number of aromatic nitrogens is 1. The largest absolute Gasteiger partial charge is 0.380 e. The molecule has 0 aliphatic heterocycles. The highest BCUT2D eigenvalue weighted by Gasteiger charge is 2.09. The predicted octanol–water partition coefficient (Wildman–Crippen LogP) is 3.43. The number of aryl methyl sites for hydroxylation is 2. The summed E-state index contributed by atoms with van der Waals surface area (Å²) in [4.78, 5) is 0. The zero-order valence-corrected chi connectivity index (χ0v) is 10.9. The van der Waals surface area contributed by atoms with E-state index in [0.717, 1.165) is 22.7 Å². The van der Waals surface area contributed by atoms with Crippen molar-refractivity contribution in [1.82, 2.24) is 5.16 Å². The molecule has 0 saturated carbocycles. The lowest BCUT2D eigenvalue weighted by Gasteiger charge is -2.08. The van der Waals surface area contributed by atoms with Crippen LogP contribution in [0.4, 0.5) is 5.69 Å². The molecule has 0 saturated heterocycles. The molecule has 1 heterocycles. The Morgan fingerprint density at radius 2 is 2.22 bits per heavy atom. The van der Waals surface area contributed by atoms with Gasteiger partial charge in [-0.05, 0) is 32.0 Å². The summed E-state index contributed by atoms with van der Waals surface area (Å²) in [6.45, 7) is 4.32. The molecule has 4 nitrogen and oxygen atoms in total. The fourth-order valence-electron chi connectivity index (χ4n) is 1.70. The summed E-state index contributed by atoms with van der Waals surface area (Å²) < 4.78 is 5.08. The van der Waals surface area contributed by atoms with Crippen molar-refractivity contribution in [1.29, 1.82) is 5.26 Å². The summed E-state index contributed by atoms with van der Waals surface area (Å²) in [5.41, 5.74) is 3.14. The van der Waals surface area contributed by atoms with Gasteiger partial charge in [0.1, 0.15) is 11.8 Å². The zero-order valence-electron chi connectivity index (χ0n) is 10.1. The molecule has 0 unspecified atom stereocenters. The van der Waals surface area contributed by atoms with Crippen LogP contribution in [0.25, 0.3) is 0 Å². The van der Waals surface area contributed by atoms with Gasteiger partial charge in [0.05, 0.1) is 16.9 Å². The number of hydrogen-bond acceptors (Lipinski definition) is 4. The van der Waals surface area contributed by atoms with Gasteiger partial charge in [0.25, 0.3) is 0 Å². The summed E-state index contributed by atoms with van der Waals surface area (Å²) in [6, 6.07) is 7.28. The minimum Gasteiger partial charge on any atom is -0.380 e. The van der Waals surface area contributed by atoms with Gasteiger partial charge < -0.3 is 9.84 Å². The molecule has 5 heteroatoms. The normalized spacial score (nSPS) is 10.1. The molecule has 1 aromatic carbocycles. The molecule has 92 valence electrons. The van der Waals surface area contributed by atoms with E-state index in [1.807, 2.05) is 13.8 Å². The molecule has 0 radical (unpaired) electrons. The van der Waals surface area contributed by atoms with Gasteiger partial charge in [0.15, 0.2) is 0 Å². The van der Waals surface area contributed by atoms with E-state index in [-0.39, 0.29) is 0 Å². The van der Waals surface area contributed by atoms with Crippen LogP contribution in [0, 0.1) is 25.2 Å². The molecule has 2 aromatic rings. The third-order valence-corrected chi connectivity index (χ3v) is 2.97. The van der Waals surface area contributed by atoms with Gasteiger partial charge in [-0.3, -0.25) is 0 Å². The third kappa shape index (κ3) is 2.47. The van der Waals surface area contributed by atoms with Gasteiger partial charge >= 0.3 is 0 Å². The second kappa shape index (κ2) is 5.11. The number of hydrogen-bond donors (Lipinski definition) is 1. The van der Waals surface area contributed by atoms with Gasteiger partial charge in [-0.15, -0.1) is 0 Å². The minimum atomic E-state index is 0.522. The monoisotopic (exact) mass is 261 g/mol. The van der Waals surface area contributed by atoms with Gasteiger partial charge in [0.2, 0.25) is 0 Å². The van der Waals surface area contributed by atoms with Crippen molar-refractivity contribution in [2.24, 2.45) is 0 Å². The molecule has 0 bridgehead atoms. The second-order valence-electron chi connectivity index (χ2n) is 3.96. The Bertz CT molecular complexity index is 594. The Labute approximate surface area is 110 Å². The summed E-state index contributed by atoms with van der Waals surface area (Å²) in [7, 11) is 0. The van der Waals surface area contributed by atoms with Crippen molar-refractivity contribution >= 4 is 17.3 Å². The first kappa shape index (κ1) is 12.5. The summed E-state index contributed by atoms with van der Waals surface area (Å²) in [6.07, 6.45) is 0. The molecule has 0 aliphatic rings. The predicted molar refractivity (Wildman–Crippen MR) is 69.5 cm³/mol. The van der Waals surface area contributed by atoms with Crippen molar-refractivity contribution in [2.45, 2.75) is 20.4 Å². The molecule has 2 rings (SSSR count). The topological polar surface area (TPSA) is 61.9 Å². The molecule has 0 aliphatic carbocycles. The first-order valence-electron chi connectivity index (χ1n) is 5.47. The molecule has 1 N–H and O–H groups in total. The quantitative estimate of drug-likeness (QED) is 0.919. The number of rotatable bonds is 3. The Balaban J connectivity index is 2.19. The second-order valence-corrected chi connectivity index (χ2v) is 4.39. The third-order valence-electron chi connectivity index (χ3n) is 2.74.